The van der Waals surface area contributed by atoms with Crippen LogP contribution < -0.4 is 10.8 Å². The first-order valence-electron chi connectivity index (χ1n) is 6.06. The summed E-state index contributed by atoms with van der Waals surface area (Å²) in [4.78, 5) is 23.4. The van der Waals surface area contributed by atoms with E-state index in [1.807, 2.05) is 5.32 Å². The van der Waals surface area contributed by atoms with E-state index < -0.39 is 29.9 Å². The number of carbonyl (C=O) groups is 2. The Morgan fingerprint density at radius 3 is 2.27 bits per heavy atom. The highest BCUT2D eigenvalue weighted by Crippen LogP contribution is 2.20. The predicted molar refractivity (Wildman–Crippen MR) is 72.2 cm³/mol. The lowest BCUT2D eigenvalue weighted by molar-refractivity contribution is -0.149. The first-order chi connectivity index (χ1) is 10.2. The number of hydrogen-bond donors (Lipinski definition) is 4. The molecule has 0 saturated heterocycles. The Morgan fingerprint density at radius 1 is 1.32 bits per heavy atom. The number of halogens is 2. The van der Waals surface area contributed by atoms with Gasteiger partial charge < -0.3 is 10.4 Å². The first-order valence-corrected chi connectivity index (χ1v) is 6.06. The summed E-state index contributed by atoms with van der Waals surface area (Å²) in [5.74, 6) is 0.0657. The van der Waals surface area contributed by atoms with Gasteiger partial charge in [0.25, 0.3) is 18.2 Å². The van der Waals surface area contributed by atoms with Crippen LogP contribution in [0.25, 0.3) is 0 Å². The fraction of sp³-hybridized carbons (Fsp3) is 0.286. The van der Waals surface area contributed by atoms with Crippen molar-refractivity contribution < 1.29 is 28.7 Å². The normalized spacial score (nSPS) is 14.6. The molecule has 6 nitrogen and oxygen atoms in total. The molecule has 0 bridgehead atoms. The van der Waals surface area contributed by atoms with Crippen molar-refractivity contribution in [1.29, 1.82) is 0 Å². The summed E-state index contributed by atoms with van der Waals surface area (Å²) in [5, 5.41) is 20.2. The van der Waals surface area contributed by atoms with Crippen molar-refractivity contribution in [1.82, 2.24) is 10.8 Å². The third-order valence-electron chi connectivity index (χ3n) is 2.99. The van der Waals surface area contributed by atoms with Crippen LogP contribution in [0.3, 0.4) is 0 Å². The molecule has 1 aromatic rings. The Labute approximate surface area is 125 Å². The van der Waals surface area contributed by atoms with E-state index in [1.54, 1.807) is 0 Å². The monoisotopic (exact) mass is 312 g/mol. The second-order valence-electron chi connectivity index (χ2n) is 4.63. The number of hydrogen-bond acceptors (Lipinski definition) is 4. The van der Waals surface area contributed by atoms with Crippen LogP contribution in [0.15, 0.2) is 24.3 Å². The lowest BCUT2D eigenvalue weighted by Crippen LogP contribution is -2.61. The van der Waals surface area contributed by atoms with Crippen LogP contribution in [0.2, 0.25) is 0 Å². The van der Waals surface area contributed by atoms with Gasteiger partial charge in [-0.1, -0.05) is 5.92 Å². The molecule has 22 heavy (non-hydrogen) atoms. The number of amides is 2. The van der Waals surface area contributed by atoms with Crippen LogP contribution in [-0.2, 0) is 4.79 Å². The molecule has 0 aliphatic heterocycles. The average molecular weight is 312 g/mol. The molecule has 1 rings (SSSR count). The number of rotatable bonds is 5. The molecule has 0 fully saturated rings. The first kappa shape index (κ1) is 17.6. The number of terminal acetylenes is 1. The fourth-order valence-electron chi connectivity index (χ4n) is 1.60. The van der Waals surface area contributed by atoms with E-state index in [1.165, 1.54) is 24.3 Å². The lowest BCUT2D eigenvalue weighted by atomic mass is 9.95. The van der Waals surface area contributed by atoms with Crippen molar-refractivity contribution >= 4 is 11.8 Å². The molecule has 8 heteroatoms. The molecule has 0 spiro atoms. The summed E-state index contributed by atoms with van der Waals surface area (Å²) >= 11 is 0. The third kappa shape index (κ3) is 3.78. The topological polar surface area (TPSA) is 98.7 Å². The minimum absolute atomic E-state index is 0.0415. The molecular formula is C14H14F2N2O4. The van der Waals surface area contributed by atoms with Crippen molar-refractivity contribution in [2.45, 2.75) is 25.0 Å². The van der Waals surface area contributed by atoms with Gasteiger partial charge in [0.05, 0.1) is 0 Å². The van der Waals surface area contributed by atoms with Gasteiger partial charge in [0.1, 0.15) is 6.04 Å². The molecule has 0 heterocycles. The molecule has 2 amide bonds. The SMILES string of the molecule is C#Cc1ccc(C(=O)N[C@H](C(=O)NO)[C@](C)(O)C(F)F)cc1. The second kappa shape index (κ2) is 6.98. The molecule has 0 saturated carbocycles. The summed E-state index contributed by atoms with van der Waals surface area (Å²) in [7, 11) is 0. The van der Waals surface area contributed by atoms with Crippen molar-refractivity contribution in [3.8, 4) is 12.3 Å². The second-order valence-corrected chi connectivity index (χ2v) is 4.63. The molecule has 0 aliphatic carbocycles. The molecule has 0 aromatic heterocycles. The van der Waals surface area contributed by atoms with Gasteiger partial charge in [-0.25, -0.2) is 14.3 Å². The zero-order chi connectivity index (χ0) is 16.9. The van der Waals surface area contributed by atoms with Crippen molar-refractivity contribution in [2.75, 3.05) is 0 Å². The molecule has 118 valence electrons. The predicted octanol–water partition coefficient (Wildman–Crippen LogP) is 0.288. The molecular weight excluding hydrogens is 298 g/mol. The highest BCUT2D eigenvalue weighted by molar-refractivity contribution is 5.97. The van der Waals surface area contributed by atoms with E-state index in [9.17, 15) is 23.5 Å². The fourth-order valence-corrected chi connectivity index (χ4v) is 1.60. The van der Waals surface area contributed by atoms with Crippen molar-refractivity contribution in [3.63, 3.8) is 0 Å². The molecule has 0 aliphatic rings. The number of alkyl halides is 2. The number of hydroxylamine groups is 1. The van der Waals surface area contributed by atoms with Crippen molar-refractivity contribution in [3.05, 3.63) is 35.4 Å². The van der Waals surface area contributed by atoms with Crippen molar-refractivity contribution in [2.24, 2.45) is 0 Å². The highest BCUT2D eigenvalue weighted by Gasteiger charge is 2.46. The van der Waals surface area contributed by atoms with Crippen LogP contribution >= 0.6 is 0 Å². The smallest absolute Gasteiger partial charge is 0.269 e. The van der Waals surface area contributed by atoms with Crippen LogP contribution in [0.4, 0.5) is 8.78 Å². The van der Waals surface area contributed by atoms with Gasteiger partial charge >= 0.3 is 0 Å². The Morgan fingerprint density at radius 2 is 1.86 bits per heavy atom. The van der Waals surface area contributed by atoms with E-state index >= 15 is 0 Å². The van der Waals surface area contributed by atoms with Crippen LogP contribution in [0.1, 0.15) is 22.8 Å². The molecule has 4 N–H and O–H groups in total. The number of carbonyl (C=O) groups excluding carboxylic acids is 2. The zero-order valence-corrected chi connectivity index (χ0v) is 11.5. The van der Waals surface area contributed by atoms with Gasteiger partial charge in [-0.3, -0.25) is 14.8 Å². The Hall–Kier alpha value is -2.50. The van der Waals surface area contributed by atoms with E-state index in [-0.39, 0.29) is 5.56 Å². The maximum absolute atomic E-state index is 12.8. The standard InChI is InChI=1S/C14H14F2N2O4/c1-3-8-4-6-9(7-5-8)11(19)17-10(12(20)18-22)14(2,21)13(15)16/h1,4-7,10,13,21-22H,2H3,(H,17,19)(H,18,20)/t10-,14+/m1/s1. The van der Waals surface area contributed by atoms with E-state index in [2.05, 4.69) is 5.92 Å². The Balaban J connectivity index is 3.01. The van der Waals surface area contributed by atoms with Crippen LogP contribution in [0, 0.1) is 12.3 Å². The molecule has 2 atom stereocenters. The Kier molecular flexibility index (Phi) is 5.56. The van der Waals surface area contributed by atoms with Gasteiger partial charge in [-0.05, 0) is 31.2 Å². The van der Waals surface area contributed by atoms with E-state index in [4.69, 9.17) is 11.6 Å². The van der Waals surface area contributed by atoms with E-state index in [0.29, 0.717) is 12.5 Å². The number of benzene rings is 1. The summed E-state index contributed by atoms with van der Waals surface area (Å²) < 4.78 is 25.7. The summed E-state index contributed by atoms with van der Waals surface area (Å²) in [6.07, 6.45) is 1.82. The van der Waals surface area contributed by atoms with Gasteiger partial charge in [-0.2, -0.15) is 0 Å². The zero-order valence-electron chi connectivity index (χ0n) is 11.5. The minimum Gasteiger partial charge on any atom is -0.381 e. The molecule has 1 aromatic carbocycles. The number of aliphatic hydroxyl groups is 1. The molecule has 0 unspecified atom stereocenters. The summed E-state index contributed by atoms with van der Waals surface area (Å²) in [6.45, 7) is 0.666. The maximum atomic E-state index is 12.8. The van der Waals surface area contributed by atoms with Gasteiger partial charge in [-0.15, -0.1) is 6.42 Å². The van der Waals surface area contributed by atoms with Crippen LogP contribution in [-0.4, -0.2) is 40.2 Å². The molecule has 0 radical (unpaired) electrons. The minimum atomic E-state index is -3.33. The maximum Gasteiger partial charge on any atom is 0.269 e. The van der Waals surface area contributed by atoms with Gasteiger partial charge in [0.15, 0.2) is 5.60 Å². The summed E-state index contributed by atoms with van der Waals surface area (Å²) in [5.41, 5.74) is -1.20. The Bertz CT molecular complexity index is 594. The van der Waals surface area contributed by atoms with Gasteiger partial charge in [0.2, 0.25) is 0 Å². The van der Waals surface area contributed by atoms with Crippen LogP contribution in [0.5, 0.6) is 0 Å². The quantitative estimate of drug-likeness (QED) is 0.357. The van der Waals surface area contributed by atoms with E-state index in [0.717, 1.165) is 5.48 Å². The largest absolute Gasteiger partial charge is 0.381 e. The average Bonchev–Trinajstić information content (AvgIpc) is 2.51. The van der Waals surface area contributed by atoms with Gasteiger partial charge in [0, 0.05) is 11.1 Å². The lowest BCUT2D eigenvalue weighted by Gasteiger charge is -2.30. The third-order valence-corrected chi connectivity index (χ3v) is 2.99. The number of nitrogens with one attached hydrogen (secondary N) is 2. The highest BCUT2D eigenvalue weighted by atomic mass is 19.3. The summed E-state index contributed by atoms with van der Waals surface area (Å²) in [6, 6.07) is 3.49.